The molecule has 0 aromatic carbocycles. The van der Waals surface area contributed by atoms with E-state index in [1.54, 1.807) is 17.9 Å². The van der Waals surface area contributed by atoms with Crippen LogP contribution in [0.15, 0.2) is 35.2 Å². The Hall–Kier alpha value is -2.22. The van der Waals surface area contributed by atoms with Crippen molar-refractivity contribution in [3.8, 4) is 0 Å². The second-order valence-corrected chi connectivity index (χ2v) is 4.66. The zero-order valence-electron chi connectivity index (χ0n) is 10.2. The number of anilines is 1. The Labute approximate surface area is 114 Å². The molecule has 0 unspecified atom stereocenters. The van der Waals surface area contributed by atoms with Crippen LogP contribution in [0.25, 0.3) is 0 Å². The third-order valence-electron chi connectivity index (χ3n) is 2.48. The Kier molecular flexibility index (Phi) is 4.62. The van der Waals surface area contributed by atoms with Crippen LogP contribution in [0.5, 0.6) is 0 Å². The third kappa shape index (κ3) is 3.88. The van der Waals surface area contributed by atoms with Gasteiger partial charge in [0.2, 0.25) is 5.13 Å². The van der Waals surface area contributed by atoms with E-state index in [2.05, 4.69) is 20.3 Å². The van der Waals surface area contributed by atoms with Crippen molar-refractivity contribution in [2.75, 3.05) is 11.4 Å². The van der Waals surface area contributed by atoms with Gasteiger partial charge in [-0.3, -0.25) is 4.98 Å². The maximum absolute atomic E-state index is 8.58. The maximum Gasteiger partial charge on any atom is 0.208 e. The number of hydrogen-bond acceptors (Lipinski definition) is 7. The van der Waals surface area contributed by atoms with Crippen LogP contribution in [-0.4, -0.2) is 32.8 Å². The number of rotatable bonds is 6. The van der Waals surface area contributed by atoms with Crippen LogP contribution < -0.4 is 10.6 Å². The average Bonchev–Trinajstić information content (AvgIpc) is 2.98. The summed E-state index contributed by atoms with van der Waals surface area (Å²) in [6.45, 7) is 1.25. The van der Waals surface area contributed by atoms with Gasteiger partial charge in [0.25, 0.3) is 0 Å². The number of nitrogens with two attached hydrogens (primary N) is 1. The Bertz CT molecular complexity index is 515. The molecule has 0 radical (unpaired) electrons. The average molecular weight is 278 g/mol. The molecule has 0 aliphatic carbocycles. The van der Waals surface area contributed by atoms with Crippen LogP contribution >= 0.6 is 11.3 Å². The number of aromatic nitrogens is 3. The highest BCUT2D eigenvalue weighted by atomic mass is 32.1. The van der Waals surface area contributed by atoms with Crippen LogP contribution in [-0.2, 0) is 6.54 Å². The van der Waals surface area contributed by atoms with Gasteiger partial charge in [-0.15, -0.1) is 10.2 Å². The Morgan fingerprint density at radius 2 is 2.42 bits per heavy atom. The van der Waals surface area contributed by atoms with Crippen molar-refractivity contribution >= 4 is 22.3 Å². The summed E-state index contributed by atoms with van der Waals surface area (Å²) in [5.41, 5.74) is 8.24. The van der Waals surface area contributed by atoms with Gasteiger partial charge in [0.15, 0.2) is 0 Å². The van der Waals surface area contributed by atoms with E-state index in [9.17, 15) is 0 Å². The molecule has 19 heavy (non-hydrogen) atoms. The van der Waals surface area contributed by atoms with E-state index < -0.39 is 0 Å². The van der Waals surface area contributed by atoms with Crippen molar-refractivity contribution in [3.63, 3.8) is 0 Å². The topological polar surface area (TPSA) is 101 Å². The first-order valence-electron chi connectivity index (χ1n) is 5.66. The number of hydrogen-bond donors (Lipinski definition) is 2. The highest BCUT2D eigenvalue weighted by Crippen LogP contribution is 2.18. The van der Waals surface area contributed by atoms with Gasteiger partial charge < -0.3 is 15.8 Å². The molecule has 0 aliphatic rings. The van der Waals surface area contributed by atoms with E-state index in [0.717, 1.165) is 10.7 Å². The lowest BCUT2D eigenvalue weighted by Crippen LogP contribution is -2.27. The molecule has 0 amide bonds. The molecule has 2 aromatic rings. The first-order valence-corrected chi connectivity index (χ1v) is 6.54. The summed E-state index contributed by atoms with van der Waals surface area (Å²) >= 11 is 1.45. The van der Waals surface area contributed by atoms with E-state index >= 15 is 0 Å². The van der Waals surface area contributed by atoms with Crippen molar-refractivity contribution < 1.29 is 5.21 Å². The zero-order valence-corrected chi connectivity index (χ0v) is 11.0. The van der Waals surface area contributed by atoms with Crippen molar-refractivity contribution in [2.45, 2.75) is 13.0 Å². The van der Waals surface area contributed by atoms with Crippen molar-refractivity contribution in [1.82, 2.24) is 15.2 Å². The van der Waals surface area contributed by atoms with Crippen LogP contribution in [0, 0.1) is 0 Å². The van der Waals surface area contributed by atoms with Gasteiger partial charge in [0.05, 0.1) is 0 Å². The summed E-state index contributed by atoms with van der Waals surface area (Å²) in [7, 11) is 0. The number of amidine groups is 1. The number of oxime groups is 1. The predicted octanol–water partition coefficient (Wildman–Crippen LogP) is 1.08. The Balaban J connectivity index is 2.07. The maximum atomic E-state index is 8.58. The van der Waals surface area contributed by atoms with Crippen molar-refractivity contribution in [1.29, 1.82) is 0 Å². The van der Waals surface area contributed by atoms with Crippen LogP contribution in [0.2, 0.25) is 0 Å². The van der Waals surface area contributed by atoms with Crippen molar-refractivity contribution in [2.24, 2.45) is 10.9 Å². The fourth-order valence-corrected chi connectivity index (χ4v) is 2.15. The van der Waals surface area contributed by atoms with Crippen LogP contribution in [0.1, 0.15) is 12.0 Å². The summed E-state index contributed by atoms with van der Waals surface area (Å²) in [5, 5.41) is 20.2. The molecule has 0 saturated heterocycles. The highest BCUT2D eigenvalue weighted by Gasteiger charge is 2.11. The lowest BCUT2D eigenvalue weighted by atomic mass is 10.2. The van der Waals surface area contributed by atoms with E-state index in [4.69, 9.17) is 10.9 Å². The Morgan fingerprint density at radius 1 is 1.53 bits per heavy atom. The fraction of sp³-hybridized carbons (Fsp3) is 0.273. The summed E-state index contributed by atoms with van der Waals surface area (Å²) in [6, 6.07) is 3.88. The normalized spacial score (nSPS) is 11.5. The zero-order chi connectivity index (χ0) is 13.5. The van der Waals surface area contributed by atoms with E-state index in [1.165, 1.54) is 11.3 Å². The first-order chi connectivity index (χ1) is 9.29. The van der Waals surface area contributed by atoms with E-state index in [-0.39, 0.29) is 5.84 Å². The molecule has 0 spiro atoms. The van der Waals surface area contributed by atoms with E-state index in [1.807, 2.05) is 17.0 Å². The Morgan fingerprint density at radius 3 is 3.05 bits per heavy atom. The molecule has 0 bridgehead atoms. The first kappa shape index (κ1) is 13.2. The van der Waals surface area contributed by atoms with Gasteiger partial charge in [-0.1, -0.05) is 22.6 Å². The monoisotopic (exact) mass is 278 g/mol. The number of nitrogens with zero attached hydrogens (tertiary/aromatic N) is 5. The second kappa shape index (κ2) is 6.64. The summed E-state index contributed by atoms with van der Waals surface area (Å²) < 4.78 is 0. The minimum absolute atomic E-state index is 0.195. The molecule has 0 atom stereocenters. The van der Waals surface area contributed by atoms with Crippen molar-refractivity contribution in [3.05, 3.63) is 35.6 Å². The smallest absolute Gasteiger partial charge is 0.208 e. The summed E-state index contributed by atoms with van der Waals surface area (Å²) in [5.74, 6) is 0.195. The number of pyridine rings is 1. The predicted molar refractivity (Wildman–Crippen MR) is 73.2 cm³/mol. The minimum atomic E-state index is 0.195. The molecule has 3 N–H and O–H groups in total. The van der Waals surface area contributed by atoms with Gasteiger partial charge in [-0.2, -0.15) is 0 Å². The second-order valence-electron chi connectivity index (χ2n) is 3.85. The van der Waals surface area contributed by atoms with Crippen LogP contribution in [0.4, 0.5) is 5.13 Å². The molecule has 8 heteroatoms. The van der Waals surface area contributed by atoms with Gasteiger partial charge in [-0.25, -0.2) is 0 Å². The highest BCUT2D eigenvalue weighted by molar-refractivity contribution is 7.13. The molecule has 7 nitrogen and oxygen atoms in total. The summed E-state index contributed by atoms with van der Waals surface area (Å²) in [4.78, 5) is 6.10. The molecule has 2 rings (SSSR count). The summed E-state index contributed by atoms with van der Waals surface area (Å²) in [6.07, 6.45) is 3.99. The standard InChI is InChI=1S/C11H14N6OS/c12-10(16-18)3-5-17(11-15-14-8-19-11)7-9-2-1-4-13-6-9/h1-2,4,6,8,18H,3,5,7H2,(H2,12,16). The third-order valence-corrected chi connectivity index (χ3v) is 3.23. The lowest BCUT2D eigenvalue weighted by molar-refractivity contribution is 0.317. The van der Waals surface area contributed by atoms with E-state index in [0.29, 0.717) is 19.5 Å². The molecule has 0 fully saturated rings. The van der Waals surface area contributed by atoms with Gasteiger partial charge in [0, 0.05) is 31.9 Å². The molecular formula is C11H14N6OS. The molecular weight excluding hydrogens is 264 g/mol. The molecule has 2 aromatic heterocycles. The molecule has 0 aliphatic heterocycles. The van der Waals surface area contributed by atoms with Gasteiger partial charge in [0.1, 0.15) is 11.3 Å². The molecule has 2 heterocycles. The lowest BCUT2D eigenvalue weighted by Gasteiger charge is -2.20. The largest absolute Gasteiger partial charge is 0.409 e. The quantitative estimate of drug-likeness (QED) is 0.355. The minimum Gasteiger partial charge on any atom is -0.409 e. The van der Waals surface area contributed by atoms with Gasteiger partial charge in [-0.05, 0) is 11.6 Å². The fourth-order valence-electron chi connectivity index (χ4n) is 1.56. The molecule has 0 saturated carbocycles. The van der Waals surface area contributed by atoms with Crippen LogP contribution in [0.3, 0.4) is 0 Å². The SMILES string of the molecule is NC(CCN(Cc1cccnc1)c1nncs1)=NO. The van der Waals surface area contributed by atoms with Gasteiger partial charge >= 0.3 is 0 Å². The molecule has 100 valence electrons.